The molecule has 3 N–H and O–H groups in total. The third-order valence-electron chi connectivity index (χ3n) is 3.79. The minimum atomic E-state index is -0.150. The van der Waals surface area contributed by atoms with Gasteiger partial charge in [-0.1, -0.05) is 25.7 Å². The zero-order valence-electron chi connectivity index (χ0n) is 12.8. The fourth-order valence-corrected chi connectivity index (χ4v) is 1.86. The molecule has 0 aliphatic heterocycles. The third-order valence-corrected chi connectivity index (χ3v) is 3.79. The molecule has 0 fully saturated rings. The number of carbonyl (C=O) groups is 1. The Morgan fingerprint density at radius 2 is 2.00 bits per heavy atom. The van der Waals surface area contributed by atoms with Crippen LogP contribution >= 0.6 is 0 Å². The molecule has 0 aliphatic carbocycles. The average Bonchev–Trinajstić information content (AvgIpc) is 2.45. The normalized spacial score (nSPS) is 10.7. The molecule has 0 atom stereocenters. The lowest BCUT2D eigenvalue weighted by Gasteiger charge is -2.28. The molecule has 1 rings (SSSR count). The first-order valence-corrected chi connectivity index (χ1v) is 7.08. The Bertz CT molecular complexity index is 534. The number of rotatable bonds is 4. The Hall–Kier alpha value is -1.79. The first-order valence-electron chi connectivity index (χ1n) is 7.08. The van der Waals surface area contributed by atoms with Gasteiger partial charge in [-0.05, 0) is 50.5 Å². The van der Waals surface area contributed by atoms with Crippen molar-refractivity contribution in [2.24, 2.45) is 5.73 Å². The van der Waals surface area contributed by atoms with Gasteiger partial charge < -0.3 is 11.1 Å². The lowest BCUT2D eigenvalue weighted by Crippen LogP contribution is -2.44. The molecule has 0 aromatic heterocycles. The van der Waals surface area contributed by atoms with Crippen molar-refractivity contribution in [3.05, 3.63) is 34.9 Å². The summed E-state index contributed by atoms with van der Waals surface area (Å²) < 4.78 is 0. The highest BCUT2D eigenvalue weighted by Crippen LogP contribution is 2.16. The molecule has 108 valence electrons. The Labute approximate surface area is 121 Å². The smallest absolute Gasteiger partial charge is 0.251 e. The molecule has 3 heteroatoms. The fraction of sp³-hybridized carbons (Fsp3) is 0.471. The van der Waals surface area contributed by atoms with E-state index in [-0.39, 0.29) is 11.4 Å². The zero-order valence-corrected chi connectivity index (χ0v) is 12.8. The molecule has 0 aliphatic rings. The van der Waals surface area contributed by atoms with Crippen LogP contribution in [0.5, 0.6) is 0 Å². The SMILES string of the molecule is CCC(C)(CC)NC(=O)c1ccc(C#CCN)c(C)c1. The van der Waals surface area contributed by atoms with Crippen molar-refractivity contribution >= 4 is 5.91 Å². The highest BCUT2D eigenvalue weighted by molar-refractivity contribution is 5.95. The Morgan fingerprint density at radius 3 is 2.50 bits per heavy atom. The van der Waals surface area contributed by atoms with Gasteiger partial charge in [-0.15, -0.1) is 0 Å². The van der Waals surface area contributed by atoms with Gasteiger partial charge in [0.25, 0.3) is 5.91 Å². The second kappa shape index (κ2) is 7.12. The van der Waals surface area contributed by atoms with Crippen molar-refractivity contribution in [3.8, 4) is 11.8 Å². The molecule has 0 bridgehead atoms. The molecular weight excluding hydrogens is 248 g/mol. The number of amides is 1. The second-order valence-corrected chi connectivity index (χ2v) is 5.26. The van der Waals surface area contributed by atoms with Gasteiger partial charge in [0, 0.05) is 16.7 Å². The summed E-state index contributed by atoms with van der Waals surface area (Å²) in [5.74, 6) is 5.80. The van der Waals surface area contributed by atoms with Crippen LogP contribution in [0.3, 0.4) is 0 Å². The number of hydrogen-bond acceptors (Lipinski definition) is 2. The van der Waals surface area contributed by atoms with E-state index in [1.165, 1.54) is 0 Å². The van der Waals surface area contributed by atoms with E-state index < -0.39 is 0 Å². The summed E-state index contributed by atoms with van der Waals surface area (Å²) in [6, 6.07) is 5.57. The van der Waals surface area contributed by atoms with Gasteiger partial charge in [0.2, 0.25) is 0 Å². The first kappa shape index (κ1) is 16.3. The van der Waals surface area contributed by atoms with Crippen LogP contribution in [0.2, 0.25) is 0 Å². The predicted octanol–water partition coefficient (Wildman–Crippen LogP) is 2.61. The maximum atomic E-state index is 12.3. The standard InChI is InChI=1S/C17H24N2O/c1-5-17(4,6-2)19-16(20)15-10-9-14(8-7-11-18)13(3)12-15/h9-10,12H,5-6,11,18H2,1-4H3,(H,19,20). The van der Waals surface area contributed by atoms with Crippen LogP contribution in [0.4, 0.5) is 0 Å². The van der Waals surface area contributed by atoms with E-state index >= 15 is 0 Å². The van der Waals surface area contributed by atoms with E-state index in [0.717, 1.165) is 24.0 Å². The van der Waals surface area contributed by atoms with E-state index in [2.05, 4.69) is 37.9 Å². The molecule has 0 radical (unpaired) electrons. The summed E-state index contributed by atoms with van der Waals surface area (Å²) in [5, 5.41) is 3.10. The van der Waals surface area contributed by atoms with Crippen molar-refractivity contribution in [3.63, 3.8) is 0 Å². The van der Waals surface area contributed by atoms with Crippen molar-refractivity contribution in [1.29, 1.82) is 0 Å². The molecule has 0 spiro atoms. The first-order chi connectivity index (χ1) is 9.45. The summed E-state index contributed by atoms with van der Waals surface area (Å²) >= 11 is 0. The topological polar surface area (TPSA) is 55.1 Å². The van der Waals surface area contributed by atoms with Crippen molar-refractivity contribution in [1.82, 2.24) is 5.32 Å². The van der Waals surface area contributed by atoms with E-state index in [9.17, 15) is 4.79 Å². The summed E-state index contributed by atoms with van der Waals surface area (Å²) in [6.45, 7) is 8.53. The number of aryl methyl sites for hydroxylation is 1. The summed E-state index contributed by atoms with van der Waals surface area (Å²) in [4.78, 5) is 12.3. The molecule has 0 saturated carbocycles. The van der Waals surface area contributed by atoms with Crippen LogP contribution < -0.4 is 11.1 Å². The van der Waals surface area contributed by atoms with Gasteiger partial charge >= 0.3 is 0 Å². The van der Waals surface area contributed by atoms with Crippen LogP contribution in [-0.4, -0.2) is 18.0 Å². The zero-order chi connectivity index (χ0) is 15.2. The number of hydrogen-bond donors (Lipinski definition) is 2. The van der Waals surface area contributed by atoms with E-state index in [1.54, 1.807) is 0 Å². The molecule has 0 heterocycles. The van der Waals surface area contributed by atoms with E-state index in [0.29, 0.717) is 12.1 Å². The van der Waals surface area contributed by atoms with Gasteiger partial charge in [0.1, 0.15) is 0 Å². The fourth-order valence-electron chi connectivity index (χ4n) is 1.86. The minimum Gasteiger partial charge on any atom is -0.347 e. The van der Waals surface area contributed by atoms with Crippen molar-refractivity contribution in [2.45, 2.75) is 46.1 Å². The van der Waals surface area contributed by atoms with E-state index in [1.807, 2.05) is 25.1 Å². The van der Waals surface area contributed by atoms with Crippen LogP contribution in [0.1, 0.15) is 55.1 Å². The van der Waals surface area contributed by atoms with Crippen LogP contribution in [-0.2, 0) is 0 Å². The monoisotopic (exact) mass is 272 g/mol. The average molecular weight is 272 g/mol. The van der Waals surface area contributed by atoms with Crippen molar-refractivity contribution in [2.75, 3.05) is 6.54 Å². The number of carbonyl (C=O) groups excluding carboxylic acids is 1. The van der Waals surface area contributed by atoms with Gasteiger partial charge in [0.15, 0.2) is 0 Å². The molecule has 0 saturated heterocycles. The van der Waals surface area contributed by atoms with Gasteiger partial charge in [-0.2, -0.15) is 0 Å². The Kier molecular flexibility index (Phi) is 5.79. The highest BCUT2D eigenvalue weighted by Gasteiger charge is 2.22. The summed E-state index contributed by atoms with van der Waals surface area (Å²) in [5.41, 5.74) is 7.80. The molecule has 1 aromatic carbocycles. The molecule has 1 amide bonds. The molecule has 0 unspecified atom stereocenters. The number of benzene rings is 1. The largest absolute Gasteiger partial charge is 0.347 e. The van der Waals surface area contributed by atoms with E-state index in [4.69, 9.17) is 5.73 Å². The second-order valence-electron chi connectivity index (χ2n) is 5.26. The maximum absolute atomic E-state index is 12.3. The molecule has 3 nitrogen and oxygen atoms in total. The number of nitrogens with one attached hydrogen (secondary N) is 1. The molecule has 1 aromatic rings. The summed E-state index contributed by atoms with van der Waals surface area (Å²) in [7, 11) is 0. The van der Waals surface area contributed by atoms with Crippen LogP contribution in [0.25, 0.3) is 0 Å². The Morgan fingerprint density at radius 1 is 1.35 bits per heavy atom. The molecule has 20 heavy (non-hydrogen) atoms. The van der Waals surface area contributed by atoms with Crippen molar-refractivity contribution < 1.29 is 4.79 Å². The Balaban J connectivity index is 2.93. The lowest BCUT2D eigenvalue weighted by atomic mass is 9.94. The van der Waals surface area contributed by atoms with Crippen LogP contribution in [0, 0.1) is 18.8 Å². The van der Waals surface area contributed by atoms with Gasteiger partial charge in [-0.25, -0.2) is 0 Å². The quantitative estimate of drug-likeness (QED) is 0.828. The van der Waals surface area contributed by atoms with Crippen LogP contribution in [0.15, 0.2) is 18.2 Å². The number of nitrogens with two attached hydrogens (primary N) is 1. The maximum Gasteiger partial charge on any atom is 0.251 e. The minimum absolute atomic E-state index is 0.0300. The lowest BCUT2D eigenvalue weighted by molar-refractivity contribution is 0.0901. The predicted molar refractivity (Wildman–Crippen MR) is 83.6 cm³/mol. The van der Waals surface area contributed by atoms with Gasteiger partial charge in [0.05, 0.1) is 6.54 Å². The third kappa shape index (κ3) is 4.11. The molecular formula is C17H24N2O. The van der Waals surface area contributed by atoms with Gasteiger partial charge in [-0.3, -0.25) is 4.79 Å². The summed E-state index contributed by atoms with van der Waals surface area (Å²) in [6.07, 6.45) is 1.82. The highest BCUT2D eigenvalue weighted by atomic mass is 16.1.